The number of amides is 2. The molecule has 8 nitrogen and oxygen atoms in total. The maximum atomic E-state index is 12.3. The van der Waals surface area contributed by atoms with E-state index in [1.54, 1.807) is 0 Å². The summed E-state index contributed by atoms with van der Waals surface area (Å²) in [6.07, 6.45) is 1.48. The lowest BCUT2D eigenvalue weighted by atomic mass is 10.0. The van der Waals surface area contributed by atoms with E-state index in [1.807, 2.05) is 36.4 Å². The molecule has 8 heteroatoms. The van der Waals surface area contributed by atoms with Crippen LogP contribution in [0.15, 0.2) is 71.3 Å². The van der Waals surface area contributed by atoms with Crippen LogP contribution in [0.5, 0.6) is 0 Å². The van der Waals surface area contributed by atoms with Crippen molar-refractivity contribution in [1.29, 1.82) is 0 Å². The number of carbonyl (C=O) groups excluding carboxylic acids is 2. The summed E-state index contributed by atoms with van der Waals surface area (Å²) >= 11 is 0. The maximum Gasteiger partial charge on any atom is 0.282 e. The Hall–Kier alpha value is -4.20. The largest absolute Gasteiger partial charge is 0.464 e. The Kier molecular flexibility index (Phi) is 4.66. The third-order valence-corrected chi connectivity index (χ3v) is 4.55. The van der Waals surface area contributed by atoms with Gasteiger partial charge in [0.15, 0.2) is 0 Å². The molecule has 0 bridgehead atoms. The first-order valence-electron chi connectivity index (χ1n) is 8.75. The van der Waals surface area contributed by atoms with Gasteiger partial charge < -0.3 is 4.42 Å². The van der Waals surface area contributed by atoms with Crippen molar-refractivity contribution in [3.8, 4) is 0 Å². The Labute approximate surface area is 164 Å². The Balaban J connectivity index is 1.50. The zero-order chi connectivity index (χ0) is 20.4. The highest BCUT2D eigenvalue weighted by Crippen LogP contribution is 2.30. The Bertz CT molecular complexity index is 1260. The van der Waals surface area contributed by atoms with Gasteiger partial charge in [0, 0.05) is 17.0 Å². The summed E-state index contributed by atoms with van der Waals surface area (Å²) in [6, 6.07) is 17.0. The normalized spacial score (nSPS) is 10.8. The summed E-state index contributed by atoms with van der Waals surface area (Å²) in [5.41, 5.74) is 5.37. The van der Waals surface area contributed by atoms with Crippen LogP contribution >= 0.6 is 0 Å². The number of nitrogens with one attached hydrogen (secondary N) is 2. The van der Waals surface area contributed by atoms with Crippen molar-refractivity contribution in [2.24, 2.45) is 0 Å². The van der Waals surface area contributed by atoms with E-state index >= 15 is 0 Å². The SMILES string of the molecule is O=C(Cc1coc2ccc3ccccc3c12)NNC(=O)c1ccccc1[N+](=O)[O-]. The zero-order valence-corrected chi connectivity index (χ0v) is 15.0. The summed E-state index contributed by atoms with van der Waals surface area (Å²) in [5.74, 6) is -1.25. The van der Waals surface area contributed by atoms with Gasteiger partial charge in [-0.05, 0) is 22.9 Å². The van der Waals surface area contributed by atoms with Crippen LogP contribution < -0.4 is 10.9 Å². The van der Waals surface area contributed by atoms with E-state index in [0.717, 1.165) is 16.2 Å². The lowest BCUT2D eigenvalue weighted by Gasteiger charge is -2.07. The van der Waals surface area contributed by atoms with E-state index in [0.29, 0.717) is 11.1 Å². The number of nitrogens with zero attached hydrogens (tertiary/aromatic N) is 1. The molecule has 2 amide bonds. The minimum Gasteiger partial charge on any atom is -0.464 e. The standard InChI is InChI=1S/C21H15N3O5/c25-19(22-23-21(26)16-7-3-4-8-17(16)24(27)28)11-14-12-29-18-10-9-13-5-1-2-6-15(13)20(14)18/h1-10,12H,11H2,(H,22,25)(H,23,26). The van der Waals surface area contributed by atoms with Crippen molar-refractivity contribution in [1.82, 2.24) is 10.9 Å². The molecule has 29 heavy (non-hydrogen) atoms. The van der Waals surface area contributed by atoms with Crippen molar-refractivity contribution in [3.05, 3.63) is 88.2 Å². The van der Waals surface area contributed by atoms with E-state index in [9.17, 15) is 19.7 Å². The first-order valence-corrected chi connectivity index (χ1v) is 8.75. The second kappa shape index (κ2) is 7.43. The highest BCUT2D eigenvalue weighted by molar-refractivity contribution is 6.08. The molecule has 0 aliphatic carbocycles. The number of rotatable bonds is 4. The molecule has 144 valence electrons. The molecule has 0 radical (unpaired) electrons. The number of nitro benzene ring substituents is 1. The highest BCUT2D eigenvalue weighted by atomic mass is 16.6. The van der Waals surface area contributed by atoms with Crippen molar-refractivity contribution in [2.75, 3.05) is 0 Å². The third-order valence-electron chi connectivity index (χ3n) is 4.55. The van der Waals surface area contributed by atoms with Crippen LogP contribution in [0.2, 0.25) is 0 Å². The molecular weight excluding hydrogens is 374 g/mol. The highest BCUT2D eigenvalue weighted by Gasteiger charge is 2.20. The topological polar surface area (TPSA) is 114 Å². The molecule has 2 N–H and O–H groups in total. The smallest absolute Gasteiger partial charge is 0.282 e. The zero-order valence-electron chi connectivity index (χ0n) is 15.0. The molecule has 4 aromatic rings. The number of hydrogen-bond acceptors (Lipinski definition) is 5. The lowest BCUT2D eigenvalue weighted by Crippen LogP contribution is -2.42. The molecule has 4 rings (SSSR count). The number of benzene rings is 3. The molecule has 0 spiro atoms. The van der Waals surface area contributed by atoms with Crippen LogP contribution in [0.3, 0.4) is 0 Å². The van der Waals surface area contributed by atoms with Crippen molar-refractivity contribution < 1.29 is 18.9 Å². The van der Waals surface area contributed by atoms with Crippen LogP contribution in [0.1, 0.15) is 15.9 Å². The minimum atomic E-state index is -0.770. The number of nitro groups is 1. The molecule has 0 fully saturated rings. The Morgan fingerprint density at radius 2 is 1.72 bits per heavy atom. The van der Waals surface area contributed by atoms with Gasteiger partial charge in [0.2, 0.25) is 5.91 Å². The van der Waals surface area contributed by atoms with E-state index in [4.69, 9.17) is 4.42 Å². The fraction of sp³-hybridized carbons (Fsp3) is 0.0476. The molecule has 0 unspecified atom stereocenters. The number of hydrazine groups is 1. The molecule has 1 heterocycles. The number of furan rings is 1. The van der Waals surface area contributed by atoms with Gasteiger partial charge in [0.05, 0.1) is 17.6 Å². The first-order chi connectivity index (χ1) is 14.0. The van der Waals surface area contributed by atoms with Gasteiger partial charge in [0.1, 0.15) is 11.1 Å². The van der Waals surface area contributed by atoms with Gasteiger partial charge in [-0.1, -0.05) is 42.5 Å². The molecular formula is C21H15N3O5. The number of hydrogen-bond donors (Lipinski definition) is 2. The first kappa shape index (κ1) is 18.2. The fourth-order valence-corrected chi connectivity index (χ4v) is 3.24. The van der Waals surface area contributed by atoms with E-state index < -0.39 is 16.7 Å². The van der Waals surface area contributed by atoms with Crippen LogP contribution in [0.25, 0.3) is 21.7 Å². The molecule has 3 aromatic carbocycles. The Morgan fingerprint density at radius 3 is 2.55 bits per heavy atom. The Morgan fingerprint density at radius 1 is 0.966 bits per heavy atom. The molecule has 0 saturated carbocycles. The van der Waals surface area contributed by atoms with Gasteiger partial charge in [-0.2, -0.15) is 0 Å². The second-order valence-corrected chi connectivity index (χ2v) is 6.37. The van der Waals surface area contributed by atoms with Crippen LogP contribution in [0, 0.1) is 10.1 Å². The van der Waals surface area contributed by atoms with Crippen molar-refractivity contribution in [2.45, 2.75) is 6.42 Å². The molecule has 0 saturated heterocycles. The summed E-state index contributed by atoms with van der Waals surface area (Å²) in [7, 11) is 0. The van der Waals surface area contributed by atoms with Crippen LogP contribution in [0.4, 0.5) is 5.69 Å². The number of fused-ring (bicyclic) bond motifs is 3. The maximum absolute atomic E-state index is 12.3. The minimum absolute atomic E-state index is 0.0296. The predicted octanol–water partition coefficient (Wildman–Crippen LogP) is 3.50. The summed E-state index contributed by atoms with van der Waals surface area (Å²) in [6.45, 7) is 0. The quantitative estimate of drug-likeness (QED) is 0.409. The average molecular weight is 389 g/mol. The summed E-state index contributed by atoms with van der Waals surface area (Å²) in [4.78, 5) is 34.9. The number of para-hydroxylation sites is 1. The van der Waals surface area contributed by atoms with Crippen LogP contribution in [-0.4, -0.2) is 16.7 Å². The molecule has 0 aliphatic rings. The van der Waals surface area contributed by atoms with Gasteiger partial charge in [-0.3, -0.25) is 30.6 Å². The third kappa shape index (κ3) is 3.51. The van der Waals surface area contributed by atoms with E-state index in [2.05, 4.69) is 10.9 Å². The molecule has 1 aromatic heterocycles. The van der Waals surface area contributed by atoms with Gasteiger partial charge in [-0.15, -0.1) is 0 Å². The number of carbonyl (C=O) groups is 2. The second-order valence-electron chi connectivity index (χ2n) is 6.37. The molecule has 0 aliphatic heterocycles. The van der Waals surface area contributed by atoms with Crippen LogP contribution in [-0.2, 0) is 11.2 Å². The van der Waals surface area contributed by atoms with Crippen molar-refractivity contribution in [3.63, 3.8) is 0 Å². The van der Waals surface area contributed by atoms with Gasteiger partial charge in [-0.25, -0.2) is 0 Å². The van der Waals surface area contributed by atoms with Crippen molar-refractivity contribution >= 4 is 39.2 Å². The van der Waals surface area contributed by atoms with E-state index in [1.165, 1.54) is 30.5 Å². The average Bonchev–Trinajstić information content (AvgIpc) is 3.15. The monoisotopic (exact) mass is 389 g/mol. The summed E-state index contributed by atoms with van der Waals surface area (Å²) < 4.78 is 5.55. The lowest BCUT2D eigenvalue weighted by molar-refractivity contribution is -0.385. The summed E-state index contributed by atoms with van der Waals surface area (Å²) in [5, 5.41) is 13.9. The predicted molar refractivity (Wildman–Crippen MR) is 106 cm³/mol. The molecule has 0 atom stereocenters. The van der Waals surface area contributed by atoms with Gasteiger partial charge >= 0.3 is 0 Å². The van der Waals surface area contributed by atoms with Gasteiger partial charge in [0.25, 0.3) is 11.6 Å². The fourth-order valence-electron chi connectivity index (χ4n) is 3.24. The van der Waals surface area contributed by atoms with E-state index in [-0.39, 0.29) is 17.7 Å².